The van der Waals surface area contributed by atoms with Crippen LogP contribution in [0, 0.1) is 18.3 Å². The minimum Gasteiger partial charge on any atom is -0.497 e. The van der Waals surface area contributed by atoms with Crippen LogP contribution in [-0.4, -0.2) is 25.5 Å². The highest BCUT2D eigenvalue weighted by Gasteiger charge is 2.13. The maximum Gasteiger partial charge on any atom is 0.266 e. The fourth-order valence-electron chi connectivity index (χ4n) is 3.00. The molecule has 0 saturated carbocycles. The summed E-state index contributed by atoms with van der Waals surface area (Å²) in [6.07, 6.45) is 1.41. The van der Waals surface area contributed by atoms with Crippen molar-refractivity contribution in [3.8, 4) is 17.6 Å². The minimum absolute atomic E-state index is 0.122. The van der Waals surface area contributed by atoms with Crippen LogP contribution in [0.25, 0.3) is 6.08 Å². The molecule has 0 saturated heterocycles. The van der Waals surface area contributed by atoms with Crippen LogP contribution < -0.4 is 20.1 Å². The zero-order valence-electron chi connectivity index (χ0n) is 18.6. The van der Waals surface area contributed by atoms with E-state index in [1.807, 2.05) is 31.2 Å². The summed E-state index contributed by atoms with van der Waals surface area (Å²) in [5, 5.41) is 15.0. The topological polar surface area (TPSA) is 100 Å². The van der Waals surface area contributed by atoms with E-state index in [1.54, 1.807) is 55.6 Å². The van der Waals surface area contributed by atoms with Crippen molar-refractivity contribution in [2.45, 2.75) is 6.92 Å². The molecule has 2 N–H and O–H groups in total. The number of methoxy groups -OCH3 is 1. The van der Waals surface area contributed by atoms with Gasteiger partial charge in [0.1, 0.15) is 23.1 Å². The second kappa shape index (κ2) is 11.7. The molecule has 0 bridgehead atoms. The molecule has 2 amide bonds. The van der Waals surface area contributed by atoms with Crippen LogP contribution in [0.1, 0.15) is 11.1 Å². The van der Waals surface area contributed by atoms with E-state index >= 15 is 0 Å². The highest BCUT2D eigenvalue weighted by atomic mass is 79.9. The Morgan fingerprint density at radius 2 is 1.79 bits per heavy atom. The van der Waals surface area contributed by atoms with Crippen molar-refractivity contribution in [1.29, 1.82) is 5.26 Å². The molecular formula is C26H22BrN3O4. The zero-order chi connectivity index (χ0) is 24.5. The monoisotopic (exact) mass is 519 g/mol. The second-order valence-corrected chi connectivity index (χ2v) is 8.16. The number of rotatable bonds is 8. The fraction of sp³-hybridized carbons (Fsp3) is 0.115. The quantitative estimate of drug-likeness (QED) is 0.309. The number of aryl methyl sites for hydroxylation is 1. The van der Waals surface area contributed by atoms with Gasteiger partial charge in [0.15, 0.2) is 6.61 Å². The Bertz CT molecular complexity index is 1260. The molecule has 0 heterocycles. The Morgan fingerprint density at radius 3 is 2.47 bits per heavy atom. The molecule has 0 atom stereocenters. The third kappa shape index (κ3) is 6.95. The fourth-order valence-corrected chi connectivity index (χ4v) is 3.38. The van der Waals surface area contributed by atoms with Gasteiger partial charge in [-0.15, -0.1) is 0 Å². The molecule has 3 aromatic carbocycles. The Morgan fingerprint density at radius 1 is 1.03 bits per heavy atom. The van der Waals surface area contributed by atoms with Crippen molar-refractivity contribution < 1.29 is 19.1 Å². The van der Waals surface area contributed by atoms with Gasteiger partial charge < -0.3 is 20.1 Å². The number of carbonyl (C=O) groups excluding carboxylic acids is 2. The van der Waals surface area contributed by atoms with Gasteiger partial charge in [-0.1, -0.05) is 28.1 Å². The van der Waals surface area contributed by atoms with Crippen LogP contribution in [0.2, 0.25) is 0 Å². The van der Waals surface area contributed by atoms with Gasteiger partial charge >= 0.3 is 0 Å². The van der Waals surface area contributed by atoms with Gasteiger partial charge in [0.05, 0.1) is 7.11 Å². The van der Waals surface area contributed by atoms with Crippen molar-refractivity contribution in [1.82, 2.24) is 0 Å². The minimum atomic E-state index is -0.573. The number of hydrogen-bond donors (Lipinski definition) is 2. The van der Waals surface area contributed by atoms with E-state index in [1.165, 1.54) is 6.08 Å². The smallest absolute Gasteiger partial charge is 0.266 e. The molecule has 0 radical (unpaired) electrons. The molecule has 7 nitrogen and oxygen atoms in total. The molecular weight excluding hydrogens is 498 g/mol. The summed E-state index contributed by atoms with van der Waals surface area (Å²) < 4.78 is 11.5. The first kappa shape index (κ1) is 24.6. The molecule has 0 aliphatic rings. The number of anilines is 2. The molecule has 3 aromatic rings. The van der Waals surface area contributed by atoms with Crippen LogP contribution in [0.3, 0.4) is 0 Å². The van der Waals surface area contributed by atoms with Gasteiger partial charge in [-0.25, -0.2) is 0 Å². The van der Waals surface area contributed by atoms with Crippen LogP contribution in [0.15, 0.2) is 76.8 Å². The van der Waals surface area contributed by atoms with Crippen molar-refractivity contribution in [3.63, 3.8) is 0 Å². The predicted molar refractivity (Wildman–Crippen MR) is 135 cm³/mol. The summed E-state index contributed by atoms with van der Waals surface area (Å²) in [4.78, 5) is 25.0. The maximum absolute atomic E-state index is 12.6. The standard InChI is InChI=1S/C26H22BrN3O4/c1-17-4-3-5-22(12-17)29-25(31)16-34-24-11-6-20(27)14-18(24)13-19(15-28)26(32)30-21-7-9-23(33-2)10-8-21/h3-14H,16H2,1-2H3,(H,29,31)(H,30,32)/b19-13+. The van der Waals surface area contributed by atoms with E-state index < -0.39 is 5.91 Å². The van der Waals surface area contributed by atoms with Gasteiger partial charge in [-0.3, -0.25) is 9.59 Å². The van der Waals surface area contributed by atoms with Crippen molar-refractivity contribution in [3.05, 3.63) is 87.9 Å². The third-order valence-corrected chi connectivity index (χ3v) is 5.14. The number of halogens is 1. The average Bonchev–Trinajstić information content (AvgIpc) is 2.82. The van der Waals surface area contributed by atoms with Crippen molar-refractivity contribution in [2.75, 3.05) is 24.4 Å². The first-order valence-electron chi connectivity index (χ1n) is 10.2. The zero-order valence-corrected chi connectivity index (χ0v) is 20.2. The van der Waals surface area contributed by atoms with Gasteiger partial charge in [-0.2, -0.15) is 5.26 Å². The van der Waals surface area contributed by atoms with E-state index in [0.29, 0.717) is 28.4 Å². The van der Waals surface area contributed by atoms with Gasteiger partial charge in [-0.05, 0) is 73.2 Å². The van der Waals surface area contributed by atoms with E-state index in [2.05, 4.69) is 26.6 Å². The summed E-state index contributed by atoms with van der Waals surface area (Å²) in [5.74, 6) is 0.0981. The molecule has 8 heteroatoms. The largest absolute Gasteiger partial charge is 0.497 e. The SMILES string of the molecule is COc1ccc(NC(=O)/C(C#N)=C/c2cc(Br)ccc2OCC(=O)Nc2cccc(C)c2)cc1. The molecule has 3 rings (SSSR count). The highest BCUT2D eigenvalue weighted by Crippen LogP contribution is 2.26. The lowest BCUT2D eigenvalue weighted by Gasteiger charge is -2.11. The maximum atomic E-state index is 12.6. The Balaban J connectivity index is 1.73. The predicted octanol–water partition coefficient (Wildman–Crippen LogP) is 5.33. The van der Waals surface area contributed by atoms with Crippen molar-refractivity contribution >= 4 is 45.2 Å². The molecule has 172 valence electrons. The van der Waals surface area contributed by atoms with Crippen LogP contribution in [0.5, 0.6) is 11.5 Å². The molecule has 0 unspecified atom stereocenters. The molecule has 0 aliphatic heterocycles. The molecule has 0 aromatic heterocycles. The molecule has 0 fully saturated rings. The Hall–Kier alpha value is -4.09. The number of nitrogens with one attached hydrogen (secondary N) is 2. The second-order valence-electron chi connectivity index (χ2n) is 7.24. The normalized spacial score (nSPS) is 10.7. The van der Waals surface area contributed by atoms with Crippen LogP contribution >= 0.6 is 15.9 Å². The summed E-state index contributed by atoms with van der Waals surface area (Å²) in [7, 11) is 1.55. The first-order valence-corrected chi connectivity index (χ1v) is 11.0. The number of nitrogens with zero attached hydrogens (tertiary/aromatic N) is 1. The molecule has 0 aliphatic carbocycles. The number of carbonyl (C=O) groups is 2. The van der Waals surface area contributed by atoms with Gasteiger partial charge in [0.2, 0.25) is 0 Å². The Labute approximate surface area is 206 Å². The van der Waals surface area contributed by atoms with Gasteiger partial charge in [0.25, 0.3) is 11.8 Å². The molecule has 0 spiro atoms. The highest BCUT2D eigenvalue weighted by molar-refractivity contribution is 9.10. The Kier molecular flexibility index (Phi) is 8.43. The number of benzene rings is 3. The number of nitriles is 1. The van der Waals surface area contributed by atoms with E-state index in [4.69, 9.17) is 9.47 Å². The third-order valence-electron chi connectivity index (χ3n) is 4.65. The van der Waals surface area contributed by atoms with Crippen molar-refractivity contribution in [2.24, 2.45) is 0 Å². The summed E-state index contributed by atoms with van der Waals surface area (Å²) in [6, 6.07) is 21.2. The summed E-state index contributed by atoms with van der Waals surface area (Å²) >= 11 is 3.38. The van der Waals surface area contributed by atoms with Crippen LogP contribution in [0.4, 0.5) is 11.4 Å². The lowest BCUT2D eigenvalue weighted by atomic mass is 10.1. The van der Waals surface area contributed by atoms with E-state index in [-0.39, 0.29) is 18.1 Å². The lowest BCUT2D eigenvalue weighted by molar-refractivity contribution is -0.118. The summed E-state index contributed by atoms with van der Waals surface area (Å²) in [6.45, 7) is 1.69. The van der Waals surface area contributed by atoms with Gasteiger partial charge in [0, 0.05) is 21.4 Å². The van der Waals surface area contributed by atoms with E-state index in [0.717, 1.165) is 10.0 Å². The molecule has 34 heavy (non-hydrogen) atoms. The van der Waals surface area contributed by atoms with E-state index in [9.17, 15) is 14.9 Å². The number of amides is 2. The summed E-state index contributed by atoms with van der Waals surface area (Å²) in [5.41, 5.74) is 2.56. The number of ether oxygens (including phenoxy) is 2. The number of hydrogen-bond acceptors (Lipinski definition) is 5. The van der Waals surface area contributed by atoms with Crippen LogP contribution in [-0.2, 0) is 9.59 Å². The first-order chi connectivity index (χ1) is 16.4. The lowest BCUT2D eigenvalue weighted by Crippen LogP contribution is -2.20. The average molecular weight is 520 g/mol.